The van der Waals surface area contributed by atoms with Crippen LogP contribution in [0.1, 0.15) is 37.5 Å². The van der Waals surface area contributed by atoms with E-state index in [9.17, 15) is 0 Å². The van der Waals surface area contributed by atoms with Gasteiger partial charge in [0, 0.05) is 16.8 Å². The maximum Gasteiger partial charge on any atom is 0.197 e. The highest BCUT2D eigenvalue weighted by Crippen LogP contribution is 2.35. The lowest BCUT2D eigenvalue weighted by atomic mass is 9.87. The first kappa shape index (κ1) is 19.0. The fourth-order valence-electron chi connectivity index (χ4n) is 3.40. The van der Waals surface area contributed by atoms with Crippen molar-refractivity contribution in [1.82, 2.24) is 0 Å². The molecule has 0 atom stereocenters. The van der Waals surface area contributed by atoms with Crippen LogP contribution in [0.5, 0.6) is 0 Å². The maximum atomic E-state index is 8.35. The van der Waals surface area contributed by atoms with E-state index >= 15 is 0 Å². The van der Waals surface area contributed by atoms with Crippen molar-refractivity contribution >= 4 is 52.7 Å². The summed E-state index contributed by atoms with van der Waals surface area (Å²) in [6, 6.07) is 18.7. The van der Waals surface area contributed by atoms with Crippen molar-refractivity contribution in [1.29, 1.82) is 5.41 Å². The molecule has 0 saturated heterocycles. The Labute approximate surface area is 166 Å². The monoisotopic (exact) mass is 377 g/mol. The molecule has 27 heavy (non-hydrogen) atoms. The van der Waals surface area contributed by atoms with Crippen molar-refractivity contribution in [3.63, 3.8) is 0 Å². The van der Waals surface area contributed by atoms with E-state index in [1.165, 1.54) is 22.1 Å². The van der Waals surface area contributed by atoms with E-state index in [0.29, 0.717) is 0 Å². The van der Waals surface area contributed by atoms with Crippen molar-refractivity contribution in [2.24, 2.45) is 0 Å². The molecule has 0 bridgehead atoms. The average Bonchev–Trinajstić information content (AvgIpc) is 3.02. The summed E-state index contributed by atoms with van der Waals surface area (Å²) in [5.41, 5.74) is 5.66. The largest absolute Gasteiger partial charge is 0.326 e. The number of rotatable bonds is 2. The molecule has 1 aliphatic carbocycles. The Morgan fingerprint density at radius 1 is 0.852 bits per heavy atom. The first-order valence-electron chi connectivity index (χ1n) is 8.89. The van der Waals surface area contributed by atoms with E-state index in [1.807, 2.05) is 18.2 Å². The standard InChI is InChI=1S/C23H23N3.ClH/c1-23(2,3)17-7-5-8-18(14-17)25-22(24)26-20-13-12-16-11-10-15-6-4-9-19(20)21(15)16;/h4-14H,1-3H3,(H3,24,25,26);1H. The first-order chi connectivity index (χ1) is 12.4. The smallest absolute Gasteiger partial charge is 0.197 e. The molecule has 1 aliphatic rings. The van der Waals surface area contributed by atoms with Gasteiger partial charge in [0.1, 0.15) is 0 Å². The number of anilines is 2. The molecule has 0 unspecified atom stereocenters. The summed E-state index contributed by atoms with van der Waals surface area (Å²) in [6.07, 6.45) is 4.28. The third kappa shape index (κ3) is 3.69. The Kier molecular flexibility index (Phi) is 4.99. The minimum absolute atomic E-state index is 0. The summed E-state index contributed by atoms with van der Waals surface area (Å²) < 4.78 is 0. The van der Waals surface area contributed by atoms with Crippen molar-refractivity contribution in [2.45, 2.75) is 26.2 Å². The van der Waals surface area contributed by atoms with Gasteiger partial charge in [-0.05, 0) is 45.7 Å². The Balaban J connectivity index is 0.00000210. The van der Waals surface area contributed by atoms with Gasteiger partial charge >= 0.3 is 0 Å². The zero-order valence-electron chi connectivity index (χ0n) is 15.8. The predicted octanol–water partition coefficient (Wildman–Crippen LogP) is 6.50. The van der Waals surface area contributed by atoms with Gasteiger partial charge in [-0.3, -0.25) is 5.41 Å². The molecule has 4 heteroatoms. The molecular weight excluding hydrogens is 354 g/mol. The quantitative estimate of drug-likeness (QED) is 0.276. The van der Waals surface area contributed by atoms with Gasteiger partial charge in [0.2, 0.25) is 0 Å². The van der Waals surface area contributed by atoms with Gasteiger partial charge in [-0.15, -0.1) is 12.4 Å². The van der Waals surface area contributed by atoms with E-state index in [2.05, 4.69) is 80.0 Å². The molecule has 0 amide bonds. The summed E-state index contributed by atoms with van der Waals surface area (Å²) in [5, 5.41) is 17.1. The minimum atomic E-state index is 0. The molecular formula is C23H24ClN3. The van der Waals surface area contributed by atoms with Crippen LogP contribution in [0.2, 0.25) is 0 Å². The molecule has 138 valence electrons. The van der Waals surface area contributed by atoms with Crippen molar-refractivity contribution in [2.75, 3.05) is 10.6 Å². The van der Waals surface area contributed by atoms with Crippen LogP contribution in [0.15, 0.2) is 54.6 Å². The highest BCUT2D eigenvalue weighted by molar-refractivity contribution is 6.13. The molecule has 0 aromatic heterocycles. The van der Waals surface area contributed by atoms with Gasteiger partial charge in [0.15, 0.2) is 5.96 Å². The number of hydrogen-bond donors (Lipinski definition) is 3. The zero-order valence-corrected chi connectivity index (χ0v) is 16.6. The van der Waals surface area contributed by atoms with Crippen LogP contribution < -0.4 is 10.6 Å². The van der Waals surface area contributed by atoms with E-state index in [0.717, 1.165) is 16.8 Å². The van der Waals surface area contributed by atoms with Crippen LogP contribution in [-0.2, 0) is 5.41 Å². The van der Waals surface area contributed by atoms with Crippen LogP contribution in [0.4, 0.5) is 11.4 Å². The van der Waals surface area contributed by atoms with Crippen LogP contribution in [-0.4, -0.2) is 5.96 Å². The molecule has 0 aliphatic heterocycles. The Morgan fingerprint density at radius 3 is 2.30 bits per heavy atom. The average molecular weight is 378 g/mol. The number of guanidine groups is 1. The molecule has 3 aromatic carbocycles. The topological polar surface area (TPSA) is 47.9 Å². The lowest BCUT2D eigenvalue weighted by Gasteiger charge is -2.20. The highest BCUT2D eigenvalue weighted by atomic mass is 35.5. The number of nitrogens with one attached hydrogen (secondary N) is 3. The number of benzene rings is 3. The summed E-state index contributed by atoms with van der Waals surface area (Å²) in [4.78, 5) is 0. The van der Waals surface area contributed by atoms with E-state index < -0.39 is 0 Å². The van der Waals surface area contributed by atoms with Gasteiger partial charge in [-0.2, -0.15) is 0 Å². The third-order valence-corrected chi connectivity index (χ3v) is 4.81. The van der Waals surface area contributed by atoms with Crippen molar-refractivity contribution in [3.8, 4) is 0 Å². The summed E-state index contributed by atoms with van der Waals surface area (Å²) in [7, 11) is 0. The molecule has 0 fully saturated rings. The van der Waals surface area contributed by atoms with Gasteiger partial charge in [-0.25, -0.2) is 0 Å². The van der Waals surface area contributed by atoms with Crippen LogP contribution in [0, 0.1) is 5.41 Å². The Bertz CT molecular complexity index is 1030. The molecule has 3 aromatic rings. The lowest BCUT2D eigenvalue weighted by Crippen LogP contribution is -2.21. The second-order valence-corrected chi connectivity index (χ2v) is 7.76. The van der Waals surface area contributed by atoms with E-state index in [4.69, 9.17) is 5.41 Å². The highest BCUT2D eigenvalue weighted by Gasteiger charge is 2.15. The summed E-state index contributed by atoms with van der Waals surface area (Å²) in [6.45, 7) is 6.57. The van der Waals surface area contributed by atoms with Crippen LogP contribution in [0.3, 0.4) is 0 Å². The molecule has 3 nitrogen and oxygen atoms in total. The molecule has 3 N–H and O–H groups in total. The van der Waals surface area contributed by atoms with Gasteiger partial charge in [0.05, 0.1) is 0 Å². The molecule has 0 radical (unpaired) electrons. The Morgan fingerprint density at radius 2 is 1.56 bits per heavy atom. The van der Waals surface area contributed by atoms with Gasteiger partial charge in [0.25, 0.3) is 0 Å². The fraction of sp³-hybridized carbons (Fsp3) is 0.174. The predicted molar refractivity (Wildman–Crippen MR) is 120 cm³/mol. The first-order valence-corrected chi connectivity index (χ1v) is 8.89. The van der Waals surface area contributed by atoms with Crippen molar-refractivity contribution < 1.29 is 0 Å². The second-order valence-electron chi connectivity index (χ2n) is 7.76. The fourth-order valence-corrected chi connectivity index (χ4v) is 3.40. The SMILES string of the molecule is CC(C)(C)c1cccc(NC(=N)Nc2ccc3c4c(cccc24)C=C3)c1.Cl. The van der Waals surface area contributed by atoms with Crippen molar-refractivity contribution in [3.05, 3.63) is 71.3 Å². The normalized spacial score (nSPS) is 12.0. The van der Waals surface area contributed by atoms with Crippen LogP contribution in [0.25, 0.3) is 22.9 Å². The molecule has 0 saturated carbocycles. The molecule has 0 heterocycles. The van der Waals surface area contributed by atoms with E-state index in [1.54, 1.807) is 0 Å². The number of hydrogen-bond acceptors (Lipinski definition) is 1. The molecule has 0 spiro atoms. The van der Waals surface area contributed by atoms with Gasteiger partial charge < -0.3 is 10.6 Å². The Hall–Kier alpha value is -2.78. The summed E-state index contributed by atoms with van der Waals surface area (Å²) >= 11 is 0. The second kappa shape index (κ2) is 7.09. The van der Waals surface area contributed by atoms with Crippen LogP contribution >= 0.6 is 12.4 Å². The maximum absolute atomic E-state index is 8.35. The molecule has 4 rings (SSSR count). The lowest BCUT2D eigenvalue weighted by molar-refractivity contribution is 0.590. The summed E-state index contributed by atoms with van der Waals surface area (Å²) in [5.74, 6) is 0.266. The minimum Gasteiger partial charge on any atom is -0.326 e. The van der Waals surface area contributed by atoms with E-state index in [-0.39, 0.29) is 23.8 Å². The zero-order chi connectivity index (χ0) is 18.3. The van der Waals surface area contributed by atoms with Gasteiger partial charge in [-0.1, -0.05) is 69.3 Å². The third-order valence-electron chi connectivity index (χ3n) is 4.81. The number of halogens is 1.